The summed E-state index contributed by atoms with van der Waals surface area (Å²) in [5, 5.41) is 2.81. The van der Waals surface area contributed by atoms with Gasteiger partial charge in [-0.15, -0.1) is 0 Å². The molecule has 0 aliphatic carbocycles. The van der Waals surface area contributed by atoms with Crippen molar-refractivity contribution in [1.29, 1.82) is 0 Å². The molecule has 1 heterocycles. The molecule has 5 heteroatoms. The van der Waals surface area contributed by atoms with E-state index in [4.69, 9.17) is 14.2 Å². The molecule has 0 bridgehead atoms. The second kappa shape index (κ2) is 7.87. The minimum Gasteiger partial charge on any atom is -0.497 e. The second-order valence-corrected chi connectivity index (χ2v) is 4.74. The molecule has 0 radical (unpaired) electrons. The molecule has 110 valence electrons. The van der Waals surface area contributed by atoms with E-state index in [9.17, 15) is 4.79 Å². The molecule has 0 unspecified atom stereocenters. The normalized spacial score (nSPS) is 17.9. The van der Waals surface area contributed by atoms with Crippen molar-refractivity contribution in [3.8, 4) is 5.75 Å². The van der Waals surface area contributed by atoms with Gasteiger partial charge in [0.15, 0.2) is 0 Å². The summed E-state index contributed by atoms with van der Waals surface area (Å²) in [5.41, 5.74) is 0.730. The van der Waals surface area contributed by atoms with E-state index in [0.717, 1.165) is 30.9 Å². The molecule has 0 aromatic heterocycles. The number of anilines is 1. The van der Waals surface area contributed by atoms with Crippen LogP contribution in [0.3, 0.4) is 0 Å². The van der Waals surface area contributed by atoms with Gasteiger partial charge in [0, 0.05) is 18.4 Å². The van der Waals surface area contributed by atoms with E-state index in [1.165, 1.54) is 0 Å². The zero-order valence-corrected chi connectivity index (χ0v) is 11.8. The van der Waals surface area contributed by atoms with E-state index in [1.807, 2.05) is 18.2 Å². The number of benzene rings is 1. The summed E-state index contributed by atoms with van der Waals surface area (Å²) in [7, 11) is 1.60. The van der Waals surface area contributed by atoms with Gasteiger partial charge >= 0.3 is 0 Å². The lowest BCUT2D eigenvalue weighted by molar-refractivity contribution is -0.117. The lowest BCUT2D eigenvalue weighted by atomic mass is 10.2. The van der Waals surface area contributed by atoms with Crippen molar-refractivity contribution in [1.82, 2.24) is 0 Å². The first-order chi connectivity index (χ1) is 9.78. The molecule has 5 nitrogen and oxygen atoms in total. The largest absolute Gasteiger partial charge is 0.497 e. The zero-order valence-electron chi connectivity index (χ0n) is 11.8. The predicted molar refractivity (Wildman–Crippen MR) is 76.0 cm³/mol. The van der Waals surface area contributed by atoms with Gasteiger partial charge in [-0.05, 0) is 25.0 Å². The van der Waals surface area contributed by atoms with Gasteiger partial charge in [-0.25, -0.2) is 0 Å². The number of methoxy groups -OCH3 is 1. The van der Waals surface area contributed by atoms with Crippen molar-refractivity contribution in [2.75, 3.05) is 32.2 Å². The Morgan fingerprint density at radius 1 is 1.50 bits per heavy atom. The van der Waals surface area contributed by atoms with Crippen LogP contribution in [0.5, 0.6) is 5.75 Å². The highest BCUT2D eigenvalue weighted by Crippen LogP contribution is 2.16. The van der Waals surface area contributed by atoms with E-state index < -0.39 is 0 Å². The molecule has 0 saturated carbocycles. The van der Waals surface area contributed by atoms with Gasteiger partial charge in [-0.1, -0.05) is 6.07 Å². The summed E-state index contributed by atoms with van der Waals surface area (Å²) >= 11 is 0. The Hall–Kier alpha value is -1.59. The highest BCUT2D eigenvalue weighted by molar-refractivity contribution is 5.90. The summed E-state index contributed by atoms with van der Waals surface area (Å²) in [6.07, 6.45) is 2.70. The average molecular weight is 279 g/mol. The van der Waals surface area contributed by atoms with Gasteiger partial charge in [0.1, 0.15) is 5.75 Å². The average Bonchev–Trinajstić information content (AvgIpc) is 2.97. The molecule has 1 saturated heterocycles. The van der Waals surface area contributed by atoms with Crippen LogP contribution in [-0.2, 0) is 14.3 Å². The Balaban J connectivity index is 1.64. The molecule has 1 aliphatic heterocycles. The standard InChI is InChI=1S/C15H21NO4/c1-18-13-5-2-4-12(10-13)16-15(17)7-9-19-11-14-6-3-8-20-14/h2,4-5,10,14H,3,6-9,11H2,1H3,(H,16,17)/t14-/m1/s1. The molecule has 0 spiro atoms. The number of hydrogen-bond acceptors (Lipinski definition) is 4. The fourth-order valence-corrected chi connectivity index (χ4v) is 2.08. The van der Waals surface area contributed by atoms with Gasteiger partial charge < -0.3 is 19.5 Å². The number of nitrogens with one attached hydrogen (secondary N) is 1. The SMILES string of the molecule is COc1cccc(NC(=O)CCOC[C@H]2CCCO2)c1. The van der Waals surface area contributed by atoms with E-state index in [-0.39, 0.29) is 12.0 Å². The first-order valence-corrected chi connectivity index (χ1v) is 6.91. The van der Waals surface area contributed by atoms with Crippen LogP contribution in [0.25, 0.3) is 0 Å². The monoisotopic (exact) mass is 279 g/mol. The van der Waals surface area contributed by atoms with Crippen molar-refractivity contribution in [2.45, 2.75) is 25.4 Å². The molecule has 1 atom stereocenters. The third kappa shape index (κ3) is 4.83. The topological polar surface area (TPSA) is 56.8 Å². The van der Waals surface area contributed by atoms with Crippen LogP contribution in [0.2, 0.25) is 0 Å². The highest BCUT2D eigenvalue weighted by Gasteiger charge is 2.15. The van der Waals surface area contributed by atoms with E-state index >= 15 is 0 Å². The first kappa shape index (κ1) is 14.8. The molecule has 2 rings (SSSR count). The van der Waals surface area contributed by atoms with Crippen LogP contribution in [-0.4, -0.2) is 38.9 Å². The maximum absolute atomic E-state index is 11.7. The second-order valence-electron chi connectivity index (χ2n) is 4.74. The summed E-state index contributed by atoms with van der Waals surface area (Å²) in [6.45, 7) is 1.81. The minimum atomic E-state index is -0.0643. The molecular formula is C15H21NO4. The van der Waals surface area contributed by atoms with Gasteiger partial charge in [0.05, 0.1) is 32.8 Å². The first-order valence-electron chi connectivity index (χ1n) is 6.91. The van der Waals surface area contributed by atoms with Gasteiger partial charge in [-0.3, -0.25) is 4.79 Å². The smallest absolute Gasteiger partial charge is 0.226 e. The molecule has 20 heavy (non-hydrogen) atoms. The Morgan fingerprint density at radius 2 is 2.40 bits per heavy atom. The van der Waals surface area contributed by atoms with Crippen LogP contribution in [0.4, 0.5) is 5.69 Å². The molecule has 1 aromatic carbocycles. The van der Waals surface area contributed by atoms with E-state index in [0.29, 0.717) is 19.6 Å². The molecule has 1 N–H and O–H groups in total. The fourth-order valence-electron chi connectivity index (χ4n) is 2.08. The maximum atomic E-state index is 11.7. The lowest BCUT2D eigenvalue weighted by Crippen LogP contribution is -2.18. The van der Waals surface area contributed by atoms with E-state index in [1.54, 1.807) is 13.2 Å². The minimum absolute atomic E-state index is 0.0643. The summed E-state index contributed by atoms with van der Waals surface area (Å²) in [5.74, 6) is 0.656. The van der Waals surface area contributed by atoms with Crippen molar-refractivity contribution < 1.29 is 19.0 Å². The zero-order chi connectivity index (χ0) is 14.2. The Labute approximate surface area is 119 Å². The third-order valence-electron chi connectivity index (χ3n) is 3.15. The van der Waals surface area contributed by atoms with Gasteiger partial charge in [0.25, 0.3) is 0 Å². The third-order valence-corrected chi connectivity index (χ3v) is 3.15. The van der Waals surface area contributed by atoms with Crippen LogP contribution in [0.1, 0.15) is 19.3 Å². The Kier molecular flexibility index (Phi) is 5.83. The Bertz CT molecular complexity index is 430. The Morgan fingerprint density at radius 3 is 3.15 bits per heavy atom. The number of amides is 1. The van der Waals surface area contributed by atoms with Crippen LogP contribution >= 0.6 is 0 Å². The number of carbonyl (C=O) groups is 1. The fraction of sp³-hybridized carbons (Fsp3) is 0.533. The lowest BCUT2D eigenvalue weighted by Gasteiger charge is -2.10. The summed E-state index contributed by atoms with van der Waals surface area (Å²) in [4.78, 5) is 11.7. The van der Waals surface area contributed by atoms with E-state index in [2.05, 4.69) is 5.32 Å². The summed E-state index contributed by atoms with van der Waals surface area (Å²) < 4.78 is 16.0. The maximum Gasteiger partial charge on any atom is 0.226 e. The van der Waals surface area contributed by atoms with Crippen molar-refractivity contribution >= 4 is 11.6 Å². The van der Waals surface area contributed by atoms with Gasteiger partial charge in [-0.2, -0.15) is 0 Å². The molecule has 1 fully saturated rings. The van der Waals surface area contributed by atoms with Crippen LogP contribution in [0, 0.1) is 0 Å². The van der Waals surface area contributed by atoms with Crippen LogP contribution < -0.4 is 10.1 Å². The quantitative estimate of drug-likeness (QED) is 0.778. The number of ether oxygens (including phenoxy) is 3. The number of rotatable bonds is 7. The molecule has 1 amide bonds. The molecule has 1 aromatic rings. The highest BCUT2D eigenvalue weighted by atomic mass is 16.5. The van der Waals surface area contributed by atoms with Crippen molar-refractivity contribution in [3.05, 3.63) is 24.3 Å². The molecular weight excluding hydrogens is 258 g/mol. The van der Waals surface area contributed by atoms with Crippen molar-refractivity contribution in [2.24, 2.45) is 0 Å². The predicted octanol–water partition coefficient (Wildman–Crippen LogP) is 2.22. The summed E-state index contributed by atoms with van der Waals surface area (Å²) in [6, 6.07) is 7.28. The number of carbonyl (C=O) groups excluding carboxylic acids is 1. The van der Waals surface area contributed by atoms with Crippen LogP contribution in [0.15, 0.2) is 24.3 Å². The van der Waals surface area contributed by atoms with Crippen molar-refractivity contribution in [3.63, 3.8) is 0 Å². The number of hydrogen-bond donors (Lipinski definition) is 1. The van der Waals surface area contributed by atoms with Gasteiger partial charge in [0.2, 0.25) is 5.91 Å². The molecule has 1 aliphatic rings.